The van der Waals surface area contributed by atoms with Gasteiger partial charge in [0.05, 0.1) is 5.69 Å². The Balaban J connectivity index is 1.99. The highest BCUT2D eigenvalue weighted by Gasteiger charge is 2.26. The van der Waals surface area contributed by atoms with Crippen LogP contribution >= 0.6 is 0 Å². The quantitative estimate of drug-likeness (QED) is 0.850. The van der Waals surface area contributed by atoms with E-state index in [9.17, 15) is 9.59 Å². The molecular weight excluding hydrogens is 270 g/mol. The largest absolute Gasteiger partial charge is 0.481 e. The molecule has 1 N–H and O–H groups in total. The standard InChI is InChI=1S/C15H21N3O3/c1-10-13(11(2)17(3)16-10)4-5-14(19)18-7-6-12(9-18)8-15(20)21/h4-5,12H,6-9H2,1-3H3,(H,20,21). The molecule has 0 aromatic carbocycles. The molecule has 0 saturated carbocycles. The first kappa shape index (κ1) is 15.3. The van der Waals surface area contributed by atoms with E-state index in [1.54, 1.807) is 21.7 Å². The molecule has 1 aromatic heterocycles. The molecule has 2 rings (SSSR count). The lowest BCUT2D eigenvalue weighted by Gasteiger charge is -2.13. The van der Waals surface area contributed by atoms with Crippen LogP contribution in [-0.2, 0) is 16.6 Å². The van der Waals surface area contributed by atoms with Crippen molar-refractivity contribution in [3.8, 4) is 0 Å². The maximum Gasteiger partial charge on any atom is 0.303 e. The number of carbonyl (C=O) groups is 2. The fraction of sp³-hybridized carbons (Fsp3) is 0.533. The maximum absolute atomic E-state index is 12.1. The van der Waals surface area contributed by atoms with Crippen molar-refractivity contribution in [2.24, 2.45) is 13.0 Å². The minimum Gasteiger partial charge on any atom is -0.481 e. The molecule has 114 valence electrons. The van der Waals surface area contributed by atoms with Gasteiger partial charge >= 0.3 is 5.97 Å². The average Bonchev–Trinajstić information content (AvgIpc) is 2.94. The summed E-state index contributed by atoms with van der Waals surface area (Å²) >= 11 is 0. The molecule has 1 aliphatic rings. The van der Waals surface area contributed by atoms with Gasteiger partial charge in [0.25, 0.3) is 0 Å². The minimum atomic E-state index is -0.800. The summed E-state index contributed by atoms with van der Waals surface area (Å²) in [7, 11) is 1.87. The van der Waals surface area contributed by atoms with E-state index in [1.807, 2.05) is 20.9 Å². The summed E-state index contributed by atoms with van der Waals surface area (Å²) in [4.78, 5) is 24.6. The zero-order chi connectivity index (χ0) is 15.6. The Hall–Kier alpha value is -2.11. The topological polar surface area (TPSA) is 75.4 Å². The van der Waals surface area contributed by atoms with Crippen LogP contribution in [0.5, 0.6) is 0 Å². The van der Waals surface area contributed by atoms with E-state index < -0.39 is 5.97 Å². The third-order valence-electron chi connectivity index (χ3n) is 4.02. The lowest BCUT2D eigenvalue weighted by molar-refractivity contribution is -0.138. The highest BCUT2D eigenvalue weighted by Crippen LogP contribution is 2.20. The van der Waals surface area contributed by atoms with E-state index in [0.717, 1.165) is 23.4 Å². The van der Waals surface area contributed by atoms with Gasteiger partial charge in [0.15, 0.2) is 0 Å². The lowest BCUT2D eigenvalue weighted by Crippen LogP contribution is -2.27. The minimum absolute atomic E-state index is 0.0643. The van der Waals surface area contributed by atoms with Crippen LogP contribution in [0.4, 0.5) is 0 Å². The van der Waals surface area contributed by atoms with Crippen LogP contribution in [0.1, 0.15) is 29.8 Å². The molecule has 1 amide bonds. The van der Waals surface area contributed by atoms with Crippen LogP contribution in [0.3, 0.4) is 0 Å². The summed E-state index contributed by atoms with van der Waals surface area (Å²) in [6, 6.07) is 0. The smallest absolute Gasteiger partial charge is 0.303 e. The second-order valence-corrected chi connectivity index (χ2v) is 5.58. The summed E-state index contributed by atoms with van der Waals surface area (Å²) in [5.41, 5.74) is 2.87. The number of carbonyl (C=O) groups excluding carboxylic acids is 1. The van der Waals surface area contributed by atoms with Crippen molar-refractivity contribution < 1.29 is 14.7 Å². The van der Waals surface area contributed by atoms with Crippen molar-refractivity contribution in [1.29, 1.82) is 0 Å². The van der Waals surface area contributed by atoms with Crippen LogP contribution in [0.15, 0.2) is 6.08 Å². The van der Waals surface area contributed by atoms with Crippen molar-refractivity contribution in [3.63, 3.8) is 0 Å². The van der Waals surface area contributed by atoms with E-state index in [2.05, 4.69) is 5.10 Å². The highest BCUT2D eigenvalue weighted by atomic mass is 16.4. The average molecular weight is 291 g/mol. The first-order valence-electron chi connectivity index (χ1n) is 7.07. The van der Waals surface area contributed by atoms with Crippen LogP contribution in [0.2, 0.25) is 0 Å². The van der Waals surface area contributed by atoms with Gasteiger partial charge in [-0.3, -0.25) is 14.3 Å². The number of likely N-dealkylation sites (tertiary alicyclic amines) is 1. The van der Waals surface area contributed by atoms with Gasteiger partial charge in [-0.05, 0) is 32.3 Å². The molecule has 0 bridgehead atoms. The highest BCUT2D eigenvalue weighted by molar-refractivity contribution is 5.92. The molecule has 0 aliphatic carbocycles. The van der Waals surface area contributed by atoms with Gasteiger partial charge in [0, 0.05) is 43.9 Å². The van der Waals surface area contributed by atoms with E-state index in [4.69, 9.17) is 5.11 Å². The van der Waals surface area contributed by atoms with Crippen LogP contribution in [-0.4, -0.2) is 44.8 Å². The molecule has 1 aliphatic heterocycles. The number of hydrogen-bond acceptors (Lipinski definition) is 3. The Morgan fingerprint density at radius 2 is 2.14 bits per heavy atom. The number of amides is 1. The molecule has 0 radical (unpaired) electrons. The fourth-order valence-electron chi connectivity index (χ4n) is 2.74. The molecule has 1 aromatic rings. The Labute approximate surface area is 124 Å². The van der Waals surface area contributed by atoms with Crippen molar-refractivity contribution in [3.05, 3.63) is 23.0 Å². The Bertz CT molecular complexity index is 589. The number of aryl methyl sites for hydroxylation is 2. The summed E-state index contributed by atoms with van der Waals surface area (Å²) < 4.78 is 1.79. The molecule has 0 spiro atoms. The number of carboxylic acids is 1. The van der Waals surface area contributed by atoms with Crippen LogP contribution < -0.4 is 0 Å². The third-order valence-corrected chi connectivity index (χ3v) is 4.02. The number of aliphatic carboxylic acids is 1. The first-order valence-corrected chi connectivity index (χ1v) is 7.07. The molecule has 6 heteroatoms. The lowest BCUT2D eigenvalue weighted by atomic mass is 10.1. The van der Waals surface area contributed by atoms with Crippen LogP contribution in [0, 0.1) is 19.8 Å². The summed E-state index contributed by atoms with van der Waals surface area (Å²) in [6.45, 7) is 5.03. The third kappa shape index (κ3) is 3.51. The monoisotopic (exact) mass is 291 g/mol. The number of nitrogens with zero attached hydrogens (tertiary/aromatic N) is 3. The summed E-state index contributed by atoms with van der Waals surface area (Å²) in [6.07, 6.45) is 4.25. The van der Waals surface area contributed by atoms with E-state index >= 15 is 0 Å². The number of hydrogen-bond donors (Lipinski definition) is 1. The number of carboxylic acid groups (broad SMARTS) is 1. The van der Waals surface area contributed by atoms with Crippen molar-refractivity contribution >= 4 is 18.0 Å². The first-order chi connectivity index (χ1) is 9.88. The zero-order valence-corrected chi connectivity index (χ0v) is 12.7. The zero-order valence-electron chi connectivity index (χ0n) is 12.7. The molecule has 1 atom stereocenters. The van der Waals surface area contributed by atoms with E-state index in [0.29, 0.717) is 13.1 Å². The Morgan fingerprint density at radius 3 is 2.71 bits per heavy atom. The van der Waals surface area contributed by atoms with Gasteiger partial charge in [-0.1, -0.05) is 0 Å². The molecule has 6 nitrogen and oxygen atoms in total. The van der Waals surface area contributed by atoms with Crippen molar-refractivity contribution in [1.82, 2.24) is 14.7 Å². The van der Waals surface area contributed by atoms with Gasteiger partial charge in [-0.15, -0.1) is 0 Å². The predicted molar refractivity (Wildman–Crippen MR) is 78.7 cm³/mol. The molecule has 1 unspecified atom stereocenters. The number of aromatic nitrogens is 2. The molecule has 21 heavy (non-hydrogen) atoms. The van der Waals surface area contributed by atoms with Gasteiger partial charge in [0.1, 0.15) is 0 Å². The molecular formula is C15H21N3O3. The Kier molecular flexibility index (Phi) is 4.45. The summed E-state index contributed by atoms with van der Waals surface area (Å²) in [5.74, 6) is -0.793. The molecule has 1 fully saturated rings. The second kappa shape index (κ2) is 6.11. The normalized spacial score (nSPS) is 18.6. The Morgan fingerprint density at radius 1 is 1.43 bits per heavy atom. The fourth-order valence-corrected chi connectivity index (χ4v) is 2.74. The van der Waals surface area contributed by atoms with E-state index in [-0.39, 0.29) is 18.2 Å². The van der Waals surface area contributed by atoms with Crippen LogP contribution in [0.25, 0.3) is 6.08 Å². The van der Waals surface area contributed by atoms with E-state index in [1.165, 1.54) is 0 Å². The maximum atomic E-state index is 12.1. The predicted octanol–water partition coefficient (Wildman–Crippen LogP) is 1.37. The SMILES string of the molecule is Cc1nn(C)c(C)c1C=CC(=O)N1CCC(CC(=O)O)C1. The van der Waals surface area contributed by atoms with Gasteiger partial charge in [-0.25, -0.2) is 0 Å². The molecule has 1 saturated heterocycles. The van der Waals surface area contributed by atoms with Crippen molar-refractivity contribution in [2.75, 3.05) is 13.1 Å². The van der Waals surface area contributed by atoms with Gasteiger partial charge in [0.2, 0.25) is 5.91 Å². The summed E-state index contributed by atoms with van der Waals surface area (Å²) in [5, 5.41) is 13.1. The van der Waals surface area contributed by atoms with Gasteiger partial charge < -0.3 is 10.0 Å². The van der Waals surface area contributed by atoms with Crippen molar-refractivity contribution in [2.45, 2.75) is 26.7 Å². The number of rotatable bonds is 4. The van der Waals surface area contributed by atoms with Gasteiger partial charge in [-0.2, -0.15) is 5.10 Å². The second-order valence-electron chi connectivity index (χ2n) is 5.58. The molecule has 2 heterocycles.